The molecule has 0 spiro atoms. The fourth-order valence-electron chi connectivity index (χ4n) is 3.45. The molecule has 0 aromatic heterocycles. The van der Waals surface area contributed by atoms with Gasteiger partial charge in [-0.25, -0.2) is 0 Å². The summed E-state index contributed by atoms with van der Waals surface area (Å²) >= 11 is 12.2. The molecule has 0 bridgehead atoms. The van der Waals surface area contributed by atoms with Crippen LogP contribution in [0.2, 0.25) is 10.0 Å². The molecule has 0 N–H and O–H groups in total. The van der Waals surface area contributed by atoms with Crippen molar-refractivity contribution in [1.29, 1.82) is 0 Å². The number of carbonyl (C=O) groups excluding carboxylic acids is 1. The SMILES string of the molecule is COc1ccc(OC)c(/C=C2\Oc3cc(OCc4ccc(Cl)cc4Cl)cc(C)c3C2=O)c1. The number of rotatable bonds is 6. The summed E-state index contributed by atoms with van der Waals surface area (Å²) in [5.41, 5.74) is 2.74. The number of fused-ring (bicyclic) bond motifs is 1. The van der Waals surface area contributed by atoms with Gasteiger partial charge in [0.25, 0.3) is 0 Å². The Morgan fingerprint density at radius 2 is 1.78 bits per heavy atom. The predicted molar refractivity (Wildman–Crippen MR) is 124 cm³/mol. The zero-order valence-corrected chi connectivity index (χ0v) is 19.2. The van der Waals surface area contributed by atoms with Crippen LogP contribution in [0, 0.1) is 6.92 Å². The van der Waals surface area contributed by atoms with Crippen LogP contribution in [0.3, 0.4) is 0 Å². The maximum absolute atomic E-state index is 13.0. The fourth-order valence-corrected chi connectivity index (χ4v) is 3.92. The Labute approximate surface area is 196 Å². The number of carbonyl (C=O) groups is 1. The molecule has 0 amide bonds. The first kappa shape index (κ1) is 22.1. The highest BCUT2D eigenvalue weighted by Crippen LogP contribution is 2.39. The van der Waals surface area contributed by atoms with E-state index in [1.807, 2.05) is 13.0 Å². The van der Waals surface area contributed by atoms with Crippen LogP contribution in [0.15, 0.2) is 54.3 Å². The zero-order valence-electron chi connectivity index (χ0n) is 17.7. The number of hydrogen-bond donors (Lipinski definition) is 0. The highest BCUT2D eigenvalue weighted by molar-refractivity contribution is 6.35. The van der Waals surface area contributed by atoms with Gasteiger partial charge in [-0.15, -0.1) is 0 Å². The van der Waals surface area contributed by atoms with Gasteiger partial charge in [-0.2, -0.15) is 0 Å². The minimum atomic E-state index is -0.199. The molecule has 3 aromatic rings. The molecule has 0 saturated carbocycles. The Kier molecular flexibility index (Phi) is 6.31. The van der Waals surface area contributed by atoms with Crippen LogP contribution in [0.25, 0.3) is 6.08 Å². The predicted octanol–water partition coefficient (Wildman–Crippen LogP) is 6.51. The lowest BCUT2D eigenvalue weighted by molar-refractivity contribution is 0.101. The molecule has 32 heavy (non-hydrogen) atoms. The van der Waals surface area contributed by atoms with Gasteiger partial charge in [0.2, 0.25) is 5.78 Å². The van der Waals surface area contributed by atoms with Gasteiger partial charge in [-0.1, -0.05) is 29.3 Å². The van der Waals surface area contributed by atoms with Crippen LogP contribution >= 0.6 is 23.2 Å². The van der Waals surface area contributed by atoms with Crippen LogP contribution in [0.1, 0.15) is 27.0 Å². The summed E-state index contributed by atoms with van der Waals surface area (Å²) in [6.07, 6.45) is 1.65. The van der Waals surface area contributed by atoms with E-state index in [1.54, 1.807) is 62.8 Å². The topological polar surface area (TPSA) is 54.0 Å². The first-order valence-electron chi connectivity index (χ1n) is 9.77. The van der Waals surface area contributed by atoms with Gasteiger partial charge in [0.1, 0.15) is 29.6 Å². The molecule has 3 aromatic carbocycles. The molecule has 1 aliphatic rings. The number of hydrogen-bond acceptors (Lipinski definition) is 5. The lowest BCUT2D eigenvalue weighted by Gasteiger charge is -2.10. The number of aryl methyl sites for hydroxylation is 1. The molecule has 164 valence electrons. The second-order valence-electron chi connectivity index (χ2n) is 7.19. The van der Waals surface area contributed by atoms with Crippen molar-refractivity contribution >= 4 is 35.1 Å². The van der Waals surface area contributed by atoms with Gasteiger partial charge in [0.05, 0.1) is 19.8 Å². The zero-order chi connectivity index (χ0) is 22.8. The van der Waals surface area contributed by atoms with Crippen molar-refractivity contribution in [2.75, 3.05) is 14.2 Å². The Bertz CT molecular complexity index is 1230. The van der Waals surface area contributed by atoms with Crippen molar-refractivity contribution in [3.8, 4) is 23.0 Å². The van der Waals surface area contributed by atoms with E-state index in [-0.39, 0.29) is 18.1 Å². The summed E-state index contributed by atoms with van der Waals surface area (Å²) in [7, 11) is 3.14. The van der Waals surface area contributed by atoms with Crippen molar-refractivity contribution in [3.05, 3.63) is 86.6 Å². The third kappa shape index (κ3) is 4.40. The van der Waals surface area contributed by atoms with Crippen molar-refractivity contribution in [3.63, 3.8) is 0 Å². The minimum absolute atomic E-state index is 0.199. The summed E-state index contributed by atoms with van der Waals surface area (Å²) in [4.78, 5) is 13.0. The van der Waals surface area contributed by atoms with Crippen molar-refractivity contribution in [1.82, 2.24) is 0 Å². The highest BCUT2D eigenvalue weighted by atomic mass is 35.5. The summed E-state index contributed by atoms with van der Waals surface area (Å²) < 4.78 is 22.5. The molecule has 0 fully saturated rings. The average molecular weight is 471 g/mol. The van der Waals surface area contributed by atoms with Crippen LogP contribution in [-0.4, -0.2) is 20.0 Å². The molecule has 0 saturated heterocycles. The van der Waals surface area contributed by atoms with Gasteiger partial charge in [-0.3, -0.25) is 4.79 Å². The van der Waals surface area contributed by atoms with E-state index in [4.69, 9.17) is 42.1 Å². The maximum atomic E-state index is 13.0. The minimum Gasteiger partial charge on any atom is -0.497 e. The van der Waals surface area contributed by atoms with E-state index in [9.17, 15) is 4.79 Å². The molecule has 0 atom stereocenters. The molecular formula is C25H20Cl2O5. The summed E-state index contributed by atoms with van der Waals surface area (Å²) in [6.45, 7) is 2.10. The quantitative estimate of drug-likeness (QED) is 0.384. The van der Waals surface area contributed by atoms with E-state index in [0.717, 1.165) is 11.1 Å². The number of ether oxygens (including phenoxy) is 4. The van der Waals surface area contributed by atoms with Gasteiger partial charge >= 0.3 is 0 Å². The summed E-state index contributed by atoms with van der Waals surface area (Å²) in [5.74, 6) is 2.27. The van der Waals surface area contributed by atoms with Gasteiger partial charge < -0.3 is 18.9 Å². The van der Waals surface area contributed by atoms with E-state index in [2.05, 4.69) is 0 Å². The second-order valence-corrected chi connectivity index (χ2v) is 8.03. The summed E-state index contributed by atoms with van der Waals surface area (Å²) in [6, 6.07) is 14.1. The van der Waals surface area contributed by atoms with Gasteiger partial charge in [0.15, 0.2) is 5.76 Å². The van der Waals surface area contributed by atoms with Crippen LogP contribution < -0.4 is 18.9 Å². The largest absolute Gasteiger partial charge is 0.497 e. The Balaban J connectivity index is 1.60. The third-order valence-corrected chi connectivity index (χ3v) is 5.66. The first-order valence-corrected chi connectivity index (χ1v) is 10.5. The van der Waals surface area contributed by atoms with Crippen molar-refractivity contribution < 1.29 is 23.7 Å². The van der Waals surface area contributed by atoms with E-state index >= 15 is 0 Å². The van der Waals surface area contributed by atoms with Crippen LogP contribution in [0.5, 0.6) is 23.0 Å². The van der Waals surface area contributed by atoms with Gasteiger partial charge in [0, 0.05) is 27.2 Å². The number of halogens is 2. The highest BCUT2D eigenvalue weighted by Gasteiger charge is 2.30. The van der Waals surface area contributed by atoms with E-state index < -0.39 is 0 Å². The monoisotopic (exact) mass is 470 g/mol. The van der Waals surface area contributed by atoms with E-state index in [1.165, 1.54) is 0 Å². The Hall–Kier alpha value is -3.15. The van der Waals surface area contributed by atoms with Crippen molar-refractivity contribution in [2.45, 2.75) is 13.5 Å². The normalized spacial score (nSPS) is 13.7. The lowest BCUT2D eigenvalue weighted by atomic mass is 10.0. The van der Waals surface area contributed by atoms with E-state index in [0.29, 0.717) is 44.2 Å². The average Bonchev–Trinajstić information content (AvgIpc) is 3.08. The Morgan fingerprint density at radius 1 is 0.969 bits per heavy atom. The molecule has 0 unspecified atom stereocenters. The molecule has 1 aliphatic heterocycles. The fraction of sp³-hybridized carbons (Fsp3) is 0.160. The second kappa shape index (κ2) is 9.15. The standard InChI is InChI=1S/C25H20Cl2O5/c1-14-8-19(31-13-15-4-5-17(26)11-20(15)27)12-22-24(14)25(28)23(32-22)10-16-9-18(29-2)6-7-21(16)30-3/h4-12H,13H2,1-3H3/b23-10-. The van der Waals surface area contributed by atoms with Crippen molar-refractivity contribution in [2.24, 2.45) is 0 Å². The van der Waals surface area contributed by atoms with Crippen LogP contribution in [-0.2, 0) is 6.61 Å². The number of Topliss-reactive ketones (excluding diaryl/α,β-unsaturated/α-hetero) is 1. The lowest BCUT2D eigenvalue weighted by Crippen LogP contribution is -2.01. The number of ketones is 1. The number of allylic oxidation sites excluding steroid dienone is 1. The molecule has 0 aliphatic carbocycles. The Morgan fingerprint density at radius 3 is 2.50 bits per heavy atom. The smallest absolute Gasteiger partial charge is 0.232 e. The number of benzene rings is 3. The first-order chi connectivity index (χ1) is 15.4. The molecule has 4 rings (SSSR count). The molecule has 1 heterocycles. The number of methoxy groups -OCH3 is 2. The summed E-state index contributed by atoms with van der Waals surface area (Å²) in [5, 5.41) is 1.09. The van der Waals surface area contributed by atoms with Crippen LogP contribution in [0.4, 0.5) is 0 Å². The molecular weight excluding hydrogens is 451 g/mol. The maximum Gasteiger partial charge on any atom is 0.232 e. The third-order valence-electron chi connectivity index (χ3n) is 5.08. The molecule has 0 radical (unpaired) electrons. The molecule has 5 nitrogen and oxygen atoms in total. The van der Waals surface area contributed by atoms with Gasteiger partial charge in [-0.05, 0) is 55.0 Å². The molecule has 7 heteroatoms.